The summed E-state index contributed by atoms with van der Waals surface area (Å²) in [4.78, 5) is 12.8. The van der Waals surface area contributed by atoms with Crippen molar-refractivity contribution >= 4 is 11.6 Å². The predicted octanol–water partition coefficient (Wildman–Crippen LogP) is 4.60. The van der Waals surface area contributed by atoms with E-state index >= 15 is 0 Å². The number of nitrogens with one attached hydrogen (secondary N) is 2. The molecule has 132 valence electrons. The molecular weight excluding hydrogens is 327 g/mol. The van der Waals surface area contributed by atoms with Crippen LogP contribution in [0.5, 0.6) is 0 Å². The molecule has 0 unspecified atom stereocenters. The van der Waals surface area contributed by atoms with Crippen molar-refractivity contribution in [1.29, 1.82) is 0 Å². The minimum Gasteiger partial charge on any atom is -0.324 e. The van der Waals surface area contributed by atoms with Crippen LogP contribution in [0, 0.1) is 12.7 Å². The topological polar surface area (TPSA) is 41.1 Å². The van der Waals surface area contributed by atoms with Crippen LogP contribution in [0.15, 0.2) is 78.9 Å². The molecule has 0 bridgehead atoms. The predicted molar refractivity (Wildman–Crippen MR) is 102 cm³/mol. The first kappa shape index (κ1) is 17.8. The highest BCUT2D eigenvalue weighted by Gasteiger charge is 2.20. The summed E-state index contributed by atoms with van der Waals surface area (Å²) < 4.78 is 13.1. The molecule has 0 saturated carbocycles. The number of aryl methyl sites for hydroxylation is 1. The number of hydrogen-bond acceptors (Lipinski definition) is 2. The molecule has 0 aliphatic carbocycles. The maximum absolute atomic E-state index is 13.1. The minimum atomic E-state index is -0.513. The Bertz CT molecular complexity index is 863. The third-order valence-corrected chi connectivity index (χ3v) is 4.26. The van der Waals surface area contributed by atoms with Crippen molar-refractivity contribution in [3.8, 4) is 0 Å². The molecule has 3 aromatic carbocycles. The molecule has 1 atom stereocenters. The van der Waals surface area contributed by atoms with E-state index in [9.17, 15) is 9.18 Å². The molecule has 2 N–H and O–H groups in total. The Kier molecular flexibility index (Phi) is 5.77. The molecule has 0 saturated heterocycles. The Labute approximate surface area is 152 Å². The lowest BCUT2D eigenvalue weighted by atomic mass is 10.0. The van der Waals surface area contributed by atoms with Gasteiger partial charge in [0.15, 0.2) is 0 Å². The lowest BCUT2D eigenvalue weighted by Crippen LogP contribution is -2.32. The largest absolute Gasteiger partial charge is 0.324 e. The zero-order valence-corrected chi connectivity index (χ0v) is 14.6. The number of hydrogen-bond donors (Lipinski definition) is 2. The SMILES string of the molecule is Cc1ccccc1CN[C@@H](C(=O)Nc1ccc(F)cc1)c1ccccc1. The average molecular weight is 348 g/mol. The van der Waals surface area contributed by atoms with Gasteiger partial charge in [-0.15, -0.1) is 0 Å². The Morgan fingerprint density at radius 1 is 0.923 bits per heavy atom. The molecule has 3 rings (SSSR count). The van der Waals surface area contributed by atoms with E-state index < -0.39 is 6.04 Å². The van der Waals surface area contributed by atoms with Gasteiger partial charge in [0.25, 0.3) is 0 Å². The van der Waals surface area contributed by atoms with Crippen molar-refractivity contribution in [1.82, 2.24) is 5.32 Å². The van der Waals surface area contributed by atoms with Crippen LogP contribution < -0.4 is 10.6 Å². The van der Waals surface area contributed by atoms with Crippen LogP contribution in [-0.2, 0) is 11.3 Å². The van der Waals surface area contributed by atoms with Gasteiger partial charge in [-0.3, -0.25) is 10.1 Å². The van der Waals surface area contributed by atoms with Gasteiger partial charge in [-0.25, -0.2) is 4.39 Å². The average Bonchev–Trinajstić information content (AvgIpc) is 2.66. The first-order chi connectivity index (χ1) is 12.6. The molecule has 0 radical (unpaired) electrons. The van der Waals surface area contributed by atoms with E-state index in [1.54, 1.807) is 12.1 Å². The van der Waals surface area contributed by atoms with E-state index in [-0.39, 0.29) is 11.7 Å². The van der Waals surface area contributed by atoms with Crippen molar-refractivity contribution in [2.45, 2.75) is 19.5 Å². The summed E-state index contributed by atoms with van der Waals surface area (Å²) in [6, 6.07) is 22.9. The highest BCUT2D eigenvalue weighted by atomic mass is 19.1. The number of anilines is 1. The zero-order chi connectivity index (χ0) is 18.4. The smallest absolute Gasteiger partial charge is 0.246 e. The van der Waals surface area contributed by atoms with Crippen molar-refractivity contribution in [3.63, 3.8) is 0 Å². The van der Waals surface area contributed by atoms with Gasteiger partial charge in [0.1, 0.15) is 11.9 Å². The normalized spacial score (nSPS) is 11.8. The van der Waals surface area contributed by atoms with E-state index in [2.05, 4.69) is 10.6 Å². The molecule has 0 spiro atoms. The van der Waals surface area contributed by atoms with Crippen LogP contribution in [0.4, 0.5) is 10.1 Å². The number of amides is 1. The lowest BCUT2D eigenvalue weighted by Gasteiger charge is -2.19. The number of carbonyl (C=O) groups excluding carboxylic acids is 1. The van der Waals surface area contributed by atoms with Gasteiger partial charge in [0.05, 0.1) is 0 Å². The summed E-state index contributed by atoms with van der Waals surface area (Å²) >= 11 is 0. The second-order valence-corrected chi connectivity index (χ2v) is 6.15. The monoisotopic (exact) mass is 348 g/mol. The molecule has 0 fully saturated rings. The van der Waals surface area contributed by atoms with Crippen molar-refractivity contribution in [2.24, 2.45) is 0 Å². The summed E-state index contributed by atoms with van der Waals surface area (Å²) in [5.41, 5.74) is 3.75. The molecule has 0 aromatic heterocycles. The number of benzene rings is 3. The molecule has 0 heterocycles. The lowest BCUT2D eigenvalue weighted by molar-refractivity contribution is -0.118. The van der Waals surface area contributed by atoms with Crippen molar-refractivity contribution < 1.29 is 9.18 Å². The summed E-state index contributed by atoms with van der Waals surface area (Å²) in [6.07, 6.45) is 0. The van der Waals surface area contributed by atoms with Gasteiger partial charge < -0.3 is 5.32 Å². The van der Waals surface area contributed by atoms with Gasteiger partial charge >= 0.3 is 0 Å². The highest BCUT2D eigenvalue weighted by molar-refractivity contribution is 5.95. The first-order valence-electron chi connectivity index (χ1n) is 8.53. The standard InChI is InChI=1S/C22H21FN2O/c1-16-7-5-6-10-18(16)15-24-21(17-8-3-2-4-9-17)22(26)25-20-13-11-19(23)12-14-20/h2-14,21,24H,15H2,1H3,(H,25,26)/t21-/m1/s1. The van der Waals surface area contributed by atoms with Crippen molar-refractivity contribution in [2.75, 3.05) is 5.32 Å². The van der Waals surface area contributed by atoms with Crippen LogP contribution in [-0.4, -0.2) is 5.91 Å². The Balaban J connectivity index is 1.78. The van der Waals surface area contributed by atoms with Crippen LogP contribution in [0.2, 0.25) is 0 Å². The summed E-state index contributed by atoms with van der Waals surface area (Å²) in [5.74, 6) is -0.517. The fraction of sp³-hybridized carbons (Fsp3) is 0.136. The Morgan fingerprint density at radius 2 is 1.58 bits per heavy atom. The van der Waals surface area contributed by atoms with Gasteiger partial charge in [0.2, 0.25) is 5.91 Å². The first-order valence-corrected chi connectivity index (χ1v) is 8.53. The van der Waals surface area contributed by atoms with Gasteiger partial charge in [-0.05, 0) is 47.9 Å². The summed E-state index contributed by atoms with van der Waals surface area (Å²) in [7, 11) is 0. The van der Waals surface area contributed by atoms with Crippen LogP contribution in [0.1, 0.15) is 22.7 Å². The second-order valence-electron chi connectivity index (χ2n) is 6.15. The molecular formula is C22H21FN2O. The maximum atomic E-state index is 13.1. The number of halogens is 1. The van der Waals surface area contributed by atoms with E-state index in [0.717, 1.165) is 11.1 Å². The fourth-order valence-corrected chi connectivity index (χ4v) is 2.78. The third kappa shape index (κ3) is 4.55. The maximum Gasteiger partial charge on any atom is 0.246 e. The Morgan fingerprint density at radius 3 is 2.27 bits per heavy atom. The van der Waals surface area contributed by atoms with Crippen LogP contribution in [0.3, 0.4) is 0 Å². The van der Waals surface area contributed by atoms with E-state index in [0.29, 0.717) is 12.2 Å². The molecule has 0 aliphatic rings. The fourth-order valence-electron chi connectivity index (χ4n) is 2.78. The minimum absolute atomic E-state index is 0.184. The van der Waals surface area contributed by atoms with Crippen molar-refractivity contribution in [3.05, 3.63) is 101 Å². The number of rotatable bonds is 6. The molecule has 0 aliphatic heterocycles. The van der Waals surface area contributed by atoms with Crippen LogP contribution >= 0.6 is 0 Å². The van der Waals surface area contributed by atoms with Gasteiger partial charge in [-0.1, -0.05) is 54.6 Å². The Hall–Kier alpha value is -2.98. The van der Waals surface area contributed by atoms with Gasteiger partial charge in [-0.2, -0.15) is 0 Å². The third-order valence-electron chi connectivity index (χ3n) is 4.26. The van der Waals surface area contributed by atoms with E-state index in [4.69, 9.17) is 0 Å². The zero-order valence-electron chi connectivity index (χ0n) is 14.6. The highest BCUT2D eigenvalue weighted by Crippen LogP contribution is 2.18. The number of carbonyl (C=O) groups is 1. The van der Waals surface area contributed by atoms with E-state index in [1.165, 1.54) is 17.7 Å². The molecule has 4 heteroatoms. The molecule has 26 heavy (non-hydrogen) atoms. The summed E-state index contributed by atoms with van der Waals surface area (Å²) in [6.45, 7) is 2.62. The molecule has 3 nitrogen and oxygen atoms in total. The molecule has 3 aromatic rings. The van der Waals surface area contributed by atoms with Gasteiger partial charge in [0, 0.05) is 12.2 Å². The van der Waals surface area contributed by atoms with Crippen LogP contribution in [0.25, 0.3) is 0 Å². The van der Waals surface area contributed by atoms with E-state index in [1.807, 2.05) is 61.5 Å². The summed E-state index contributed by atoms with van der Waals surface area (Å²) in [5, 5.41) is 6.19. The quantitative estimate of drug-likeness (QED) is 0.683. The molecule has 1 amide bonds. The second kappa shape index (κ2) is 8.41.